The standard InChI is InChI=1S/C15H23N5O2/c1-5-7-11(15(21)22-4)17-13-10-9-16-20(3)14(10)19-12(18-13)8-6-2/h9,11H,5-8H2,1-4H3,(H,17,18,19). The van der Waals surface area contributed by atoms with Crippen LogP contribution in [0.25, 0.3) is 11.0 Å². The van der Waals surface area contributed by atoms with Gasteiger partial charge in [0.15, 0.2) is 5.65 Å². The Morgan fingerprint density at radius 1 is 1.36 bits per heavy atom. The summed E-state index contributed by atoms with van der Waals surface area (Å²) in [6.07, 6.45) is 5.01. The molecule has 7 nitrogen and oxygen atoms in total. The van der Waals surface area contributed by atoms with Gasteiger partial charge in [-0.15, -0.1) is 0 Å². The number of carbonyl (C=O) groups excluding carboxylic acids is 1. The monoisotopic (exact) mass is 305 g/mol. The van der Waals surface area contributed by atoms with Gasteiger partial charge in [-0.3, -0.25) is 4.68 Å². The summed E-state index contributed by atoms with van der Waals surface area (Å²) in [4.78, 5) is 21.0. The predicted molar refractivity (Wildman–Crippen MR) is 84.6 cm³/mol. The Kier molecular flexibility index (Phi) is 5.30. The lowest BCUT2D eigenvalue weighted by Crippen LogP contribution is -2.31. The number of anilines is 1. The number of aromatic nitrogens is 4. The first-order valence-electron chi connectivity index (χ1n) is 7.63. The number of rotatable bonds is 7. The van der Waals surface area contributed by atoms with E-state index in [0.29, 0.717) is 12.2 Å². The molecule has 2 rings (SSSR count). The summed E-state index contributed by atoms with van der Waals surface area (Å²) in [7, 11) is 3.24. The highest BCUT2D eigenvalue weighted by Crippen LogP contribution is 2.21. The van der Waals surface area contributed by atoms with Crippen molar-refractivity contribution in [3.63, 3.8) is 0 Å². The maximum absolute atomic E-state index is 11.9. The maximum Gasteiger partial charge on any atom is 0.328 e. The molecule has 0 aliphatic heterocycles. The van der Waals surface area contributed by atoms with E-state index in [2.05, 4.69) is 27.3 Å². The lowest BCUT2D eigenvalue weighted by Gasteiger charge is -2.17. The lowest BCUT2D eigenvalue weighted by atomic mass is 10.1. The van der Waals surface area contributed by atoms with Gasteiger partial charge < -0.3 is 10.1 Å². The topological polar surface area (TPSA) is 81.9 Å². The largest absolute Gasteiger partial charge is 0.467 e. The van der Waals surface area contributed by atoms with Crippen LogP contribution in [0.1, 0.15) is 38.9 Å². The number of methoxy groups -OCH3 is 1. The summed E-state index contributed by atoms with van der Waals surface area (Å²) in [5, 5.41) is 8.25. The van der Waals surface area contributed by atoms with E-state index < -0.39 is 6.04 Å². The van der Waals surface area contributed by atoms with Crippen LogP contribution >= 0.6 is 0 Å². The van der Waals surface area contributed by atoms with Crippen LogP contribution in [0.3, 0.4) is 0 Å². The second-order valence-electron chi connectivity index (χ2n) is 5.25. The van der Waals surface area contributed by atoms with Crippen molar-refractivity contribution in [2.45, 2.75) is 45.6 Å². The summed E-state index contributed by atoms with van der Waals surface area (Å²) in [5.41, 5.74) is 0.765. The Labute approximate surface area is 130 Å². The van der Waals surface area contributed by atoms with Crippen molar-refractivity contribution in [1.29, 1.82) is 0 Å². The highest BCUT2D eigenvalue weighted by atomic mass is 16.5. The number of hydrogen-bond donors (Lipinski definition) is 1. The minimum absolute atomic E-state index is 0.283. The summed E-state index contributed by atoms with van der Waals surface area (Å²) in [5.74, 6) is 1.11. The molecule has 0 bridgehead atoms. The molecule has 22 heavy (non-hydrogen) atoms. The number of fused-ring (bicyclic) bond motifs is 1. The normalized spacial score (nSPS) is 12.4. The molecular formula is C15H23N5O2. The molecule has 0 saturated heterocycles. The van der Waals surface area contributed by atoms with Gasteiger partial charge in [0.1, 0.15) is 17.7 Å². The highest BCUT2D eigenvalue weighted by Gasteiger charge is 2.21. The first kappa shape index (κ1) is 16.2. The lowest BCUT2D eigenvalue weighted by molar-refractivity contribution is -0.141. The van der Waals surface area contributed by atoms with Crippen LogP contribution in [0.15, 0.2) is 6.20 Å². The van der Waals surface area contributed by atoms with E-state index in [1.54, 1.807) is 10.9 Å². The Morgan fingerprint density at radius 3 is 2.77 bits per heavy atom. The molecule has 0 fully saturated rings. The van der Waals surface area contributed by atoms with Crippen LogP contribution in [0.2, 0.25) is 0 Å². The van der Waals surface area contributed by atoms with Gasteiger partial charge in [0.25, 0.3) is 0 Å². The van der Waals surface area contributed by atoms with Gasteiger partial charge in [0, 0.05) is 13.5 Å². The van der Waals surface area contributed by atoms with E-state index in [1.807, 2.05) is 14.0 Å². The first-order chi connectivity index (χ1) is 10.6. The summed E-state index contributed by atoms with van der Waals surface area (Å²) in [6.45, 7) is 4.11. The molecule has 1 atom stereocenters. The van der Waals surface area contributed by atoms with Crippen LogP contribution in [0.5, 0.6) is 0 Å². The molecule has 0 radical (unpaired) electrons. The molecule has 0 spiro atoms. The fourth-order valence-electron chi connectivity index (χ4n) is 2.36. The van der Waals surface area contributed by atoms with Crippen molar-refractivity contribution in [1.82, 2.24) is 19.7 Å². The SMILES string of the molecule is CCCc1nc(NC(CCC)C(=O)OC)c2cnn(C)c2n1. The Hall–Kier alpha value is -2.18. The van der Waals surface area contributed by atoms with Gasteiger partial charge in [-0.1, -0.05) is 20.3 Å². The van der Waals surface area contributed by atoms with E-state index in [1.165, 1.54) is 7.11 Å². The van der Waals surface area contributed by atoms with Crippen molar-refractivity contribution in [2.24, 2.45) is 7.05 Å². The third kappa shape index (κ3) is 3.35. The molecule has 0 amide bonds. The van der Waals surface area contributed by atoms with Crippen molar-refractivity contribution < 1.29 is 9.53 Å². The number of aryl methyl sites for hydroxylation is 2. The van der Waals surface area contributed by atoms with Crippen molar-refractivity contribution in [3.8, 4) is 0 Å². The predicted octanol–water partition coefficient (Wildman–Crippen LogP) is 2.07. The van der Waals surface area contributed by atoms with E-state index in [-0.39, 0.29) is 5.97 Å². The third-order valence-electron chi connectivity index (χ3n) is 3.49. The van der Waals surface area contributed by atoms with Crippen LogP contribution in [-0.4, -0.2) is 38.9 Å². The molecule has 2 aromatic heterocycles. The zero-order valence-corrected chi connectivity index (χ0v) is 13.6. The number of carbonyl (C=O) groups is 1. The zero-order valence-electron chi connectivity index (χ0n) is 13.6. The summed E-state index contributed by atoms with van der Waals surface area (Å²) in [6, 6.07) is -0.414. The van der Waals surface area contributed by atoms with Gasteiger partial charge in [-0.25, -0.2) is 14.8 Å². The van der Waals surface area contributed by atoms with Gasteiger partial charge in [0.2, 0.25) is 0 Å². The fraction of sp³-hybridized carbons (Fsp3) is 0.600. The minimum atomic E-state index is -0.414. The Bertz CT molecular complexity index is 653. The quantitative estimate of drug-likeness (QED) is 0.789. The van der Waals surface area contributed by atoms with E-state index >= 15 is 0 Å². The van der Waals surface area contributed by atoms with Crippen LogP contribution in [0, 0.1) is 0 Å². The molecule has 120 valence electrons. The fourth-order valence-corrected chi connectivity index (χ4v) is 2.36. The van der Waals surface area contributed by atoms with Crippen molar-refractivity contribution in [3.05, 3.63) is 12.0 Å². The van der Waals surface area contributed by atoms with Crippen molar-refractivity contribution in [2.75, 3.05) is 12.4 Å². The average Bonchev–Trinajstić information content (AvgIpc) is 2.88. The number of esters is 1. The van der Waals surface area contributed by atoms with Crippen LogP contribution < -0.4 is 5.32 Å². The first-order valence-corrected chi connectivity index (χ1v) is 7.63. The van der Waals surface area contributed by atoms with Crippen LogP contribution in [-0.2, 0) is 23.0 Å². The van der Waals surface area contributed by atoms with Crippen molar-refractivity contribution >= 4 is 22.8 Å². The Balaban J connectivity index is 2.41. The minimum Gasteiger partial charge on any atom is -0.467 e. The number of hydrogen-bond acceptors (Lipinski definition) is 6. The third-order valence-corrected chi connectivity index (χ3v) is 3.49. The molecule has 2 aromatic rings. The second-order valence-corrected chi connectivity index (χ2v) is 5.25. The van der Waals surface area contributed by atoms with Gasteiger partial charge in [-0.05, 0) is 12.8 Å². The molecule has 1 N–H and O–H groups in total. The molecule has 7 heteroatoms. The second kappa shape index (κ2) is 7.20. The molecule has 0 aromatic carbocycles. The van der Waals surface area contributed by atoms with Gasteiger partial charge in [0.05, 0.1) is 18.7 Å². The molecule has 0 saturated carbocycles. The van der Waals surface area contributed by atoms with Crippen LogP contribution in [0.4, 0.5) is 5.82 Å². The van der Waals surface area contributed by atoms with Gasteiger partial charge in [-0.2, -0.15) is 5.10 Å². The number of ether oxygens (including phenoxy) is 1. The molecule has 0 aliphatic carbocycles. The molecule has 2 heterocycles. The molecular weight excluding hydrogens is 282 g/mol. The average molecular weight is 305 g/mol. The zero-order chi connectivity index (χ0) is 16.1. The molecule has 0 aliphatic rings. The summed E-state index contributed by atoms with van der Waals surface area (Å²) >= 11 is 0. The van der Waals surface area contributed by atoms with E-state index in [4.69, 9.17) is 4.74 Å². The van der Waals surface area contributed by atoms with Gasteiger partial charge >= 0.3 is 5.97 Å². The number of nitrogens with one attached hydrogen (secondary N) is 1. The maximum atomic E-state index is 11.9. The van der Waals surface area contributed by atoms with E-state index in [9.17, 15) is 4.79 Å². The molecule has 1 unspecified atom stereocenters. The smallest absolute Gasteiger partial charge is 0.328 e. The summed E-state index contributed by atoms with van der Waals surface area (Å²) < 4.78 is 6.58. The number of nitrogens with zero attached hydrogens (tertiary/aromatic N) is 4. The van der Waals surface area contributed by atoms with E-state index in [0.717, 1.165) is 36.1 Å². The highest BCUT2D eigenvalue weighted by molar-refractivity contribution is 5.89. The Morgan fingerprint density at radius 2 is 2.14 bits per heavy atom.